The van der Waals surface area contributed by atoms with Gasteiger partial charge in [-0.25, -0.2) is 0 Å². The number of halogens is 5. The van der Waals surface area contributed by atoms with Crippen LogP contribution in [0.1, 0.15) is 17.5 Å². The lowest BCUT2D eigenvalue weighted by Crippen LogP contribution is -2.18. The molecule has 1 rings (SSSR count). The van der Waals surface area contributed by atoms with Gasteiger partial charge < -0.3 is 4.74 Å². The summed E-state index contributed by atoms with van der Waals surface area (Å²) in [6.45, 7) is 0. The summed E-state index contributed by atoms with van der Waals surface area (Å²) in [5.74, 6) is -0.219. The summed E-state index contributed by atoms with van der Waals surface area (Å²) in [6, 6.07) is 4.73. The van der Waals surface area contributed by atoms with Gasteiger partial charge in [-0.2, -0.15) is 0 Å². The molecule has 1 aromatic rings. The standard InChI is InChI=1S/C11H11BrClF3O/c12-5-1-2-8-3-4-9(7-13)10(6-8)17-11(14,15)16/h3-4,6H,1-2,5,7H2. The van der Waals surface area contributed by atoms with Crippen molar-refractivity contribution in [3.63, 3.8) is 0 Å². The summed E-state index contributed by atoms with van der Waals surface area (Å²) >= 11 is 8.83. The maximum Gasteiger partial charge on any atom is 0.573 e. The fraction of sp³-hybridized carbons (Fsp3) is 0.455. The van der Waals surface area contributed by atoms with Crippen molar-refractivity contribution in [3.05, 3.63) is 29.3 Å². The molecule has 17 heavy (non-hydrogen) atoms. The first-order valence-corrected chi connectivity index (χ1v) is 6.61. The predicted octanol–water partition coefficient (Wildman–Crippen LogP) is 4.65. The molecule has 6 heteroatoms. The maximum absolute atomic E-state index is 12.2. The molecule has 0 aliphatic heterocycles. The van der Waals surface area contributed by atoms with Crippen molar-refractivity contribution < 1.29 is 17.9 Å². The molecule has 0 unspecified atom stereocenters. The van der Waals surface area contributed by atoms with Crippen LogP contribution in [0.2, 0.25) is 0 Å². The zero-order valence-corrected chi connectivity index (χ0v) is 11.2. The molecule has 0 spiro atoms. The Balaban J connectivity index is 2.90. The van der Waals surface area contributed by atoms with E-state index in [-0.39, 0.29) is 11.6 Å². The zero-order chi connectivity index (χ0) is 12.9. The van der Waals surface area contributed by atoms with E-state index >= 15 is 0 Å². The second-order valence-corrected chi connectivity index (χ2v) is 4.48. The third-order valence-electron chi connectivity index (χ3n) is 2.10. The van der Waals surface area contributed by atoms with Crippen LogP contribution in [0.5, 0.6) is 5.75 Å². The molecule has 0 bridgehead atoms. The number of benzene rings is 1. The third-order valence-corrected chi connectivity index (χ3v) is 2.95. The van der Waals surface area contributed by atoms with Crippen molar-refractivity contribution in [2.45, 2.75) is 25.1 Å². The number of hydrogen-bond donors (Lipinski definition) is 0. The molecule has 0 saturated carbocycles. The molecule has 0 aromatic heterocycles. The second-order valence-electron chi connectivity index (χ2n) is 3.42. The summed E-state index contributed by atoms with van der Waals surface area (Å²) in [5.41, 5.74) is 1.14. The van der Waals surface area contributed by atoms with Crippen molar-refractivity contribution in [1.29, 1.82) is 0 Å². The Morgan fingerprint density at radius 3 is 2.53 bits per heavy atom. The number of alkyl halides is 5. The zero-order valence-electron chi connectivity index (χ0n) is 8.86. The van der Waals surface area contributed by atoms with Crippen molar-refractivity contribution >= 4 is 27.5 Å². The lowest BCUT2D eigenvalue weighted by Gasteiger charge is -2.13. The Kier molecular flexibility index (Phi) is 5.59. The summed E-state index contributed by atoms with van der Waals surface area (Å²) in [6.07, 6.45) is -3.14. The summed E-state index contributed by atoms with van der Waals surface area (Å²) in [7, 11) is 0. The van der Waals surface area contributed by atoms with Crippen LogP contribution in [-0.2, 0) is 12.3 Å². The molecule has 0 atom stereocenters. The first-order valence-electron chi connectivity index (χ1n) is 4.95. The monoisotopic (exact) mass is 330 g/mol. The average Bonchev–Trinajstić information content (AvgIpc) is 2.24. The minimum atomic E-state index is -4.69. The first kappa shape index (κ1) is 14.6. The molecule has 0 aliphatic rings. The van der Waals surface area contributed by atoms with E-state index in [1.54, 1.807) is 12.1 Å². The molecule has 0 fully saturated rings. The molecular weight excluding hydrogens is 320 g/mol. The predicted molar refractivity (Wildman–Crippen MR) is 64.8 cm³/mol. The van der Waals surface area contributed by atoms with Crippen LogP contribution >= 0.6 is 27.5 Å². The van der Waals surface area contributed by atoms with E-state index < -0.39 is 6.36 Å². The maximum atomic E-state index is 12.2. The second kappa shape index (κ2) is 6.50. The fourth-order valence-corrected chi connectivity index (χ4v) is 1.86. The van der Waals surface area contributed by atoms with Crippen molar-refractivity contribution in [3.8, 4) is 5.75 Å². The van der Waals surface area contributed by atoms with Gasteiger partial charge in [-0.05, 0) is 24.5 Å². The Hall–Kier alpha value is -0.420. The normalized spacial score (nSPS) is 11.6. The van der Waals surface area contributed by atoms with Crippen LogP contribution in [0.15, 0.2) is 18.2 Å². The number of hydrogen-bond acceptors (Lipinski definition) is 1. The van der Waals surface area contributed by atoms with Crippen LogP contribution in [0, 0.1) is 0 Å². The summed E-state index contributed by atoms with van der Waals surface area (Å²) in [5, 5.41) is 0.805. The molecule has 1 aromatic carbocycles. The molecule has 96 valence electrons. The quantitative estimate of drug-likeness (QED) is 0.714. The van der Waals surface area contributed by atoms with E-state index in [1.807, 2.05) is 0 Å². The van der Waals surface area contributed by atoms with Crippen LogP contribution in [-0.4, -0.2) is 11.7 Å². The number of aryl methyl sites for hydroxylation is 1. The van der Waals surface area contributed by atoms with Gasteiger partial charge in [0.2, 0.25) is 0 Å². The molecular formula is C11H11BrClF3O. The van der Waals surface area contributed by atoms with Gasteiger partial charge in [0.1, 0.15) is 5.75 Å². The van der Waals surface area contributed by atoms with E-state index in [0.29, 0.717) is 12.0 Å². The Morgan fingerprint density at radius 2 is 2.00 bits per heavy atom. The van der Waals surface area contributed by atoms with Gasteiger partial charge in [0.05, 0.1) is 5.88 Å². The third kappa shape index (κ3) is 5.17. The van der Waals surface area contributed by atoms with E-state index in [0.717, 1.165) is 17.3 Å². The van der Waals surface area contributed by atoms with Gasteiger partial charge in [-0.1, -0.05) is 28.1 Å². The Bertz CT molecular complexity index is 368. The van der Waals surface area contributed by atoms with Gasteiger partial charge in [0.15, 0.2) is 0 Å². The Morgan fingerprint density at radius 1 is 1.29 bits per heavy atom. The van der Waals surface area contributed by atoms with Gasteiger partial charge in [-0.15, -0.1) is 24.8 Å². The number of rotatable bonds is 5. The van der Waals surface area contributed by atoms with E-state index in [2.05, 4.69) is 20.7 Å². The highest BCUT2D eigenvalue weighted by Crippen LogP contribution is 2.29. The SMILES string of the molecule is FC(F)(F)Oc1cc(CCCBr)ccc1CCl. The van der Waals surface area contributed by atoms with Gasteiger partial charge in [0, 0.05) is 10.9 Å². The molecule has 0 aliphatic carbocycles. The fourth-order valence-electron chi connectivity index (χ4n) is 1.36. The first-order chi connectivity index (χ1) is 7.96. The van der Waals surface area contributed by atoms with Gasteiger partial charge >= 0.3 is 6.36 Å². The van der Waals surface area contributed by atoms with Crippen LogP contribution in [0.25, 0.3) is 0 Å². The molecule has 0 N–H and O–H groups in total. The lowest BCUT2D eigenvalue weighted by molar-refractivity contribution is -0.274. The number of ether oxygens (including phenoxy) is 1. The smallest absolute Gasteiger partial charge is 0.405 e. The summed E-state index contributed by atoms with van der Waals surface area (Å²) < 4.78 is 40.5. The minimum absolute atomic E-state index is 0.00978. The van der Waals surface area contributed by atoms with Gasteiger partial charge in [0.25, 0.3) is 0 Å². The molecule has 0 radical (unpaired) electrons. The van der Waals surface area contributed by atoms with Crippen molar-refractivity contribution in [2.75, 3.05) is 5.33 Å². The molecule has 1 nitrogen and oxygen atoms in total. The lowest BCUT2D eigenvalue weighted by atomic mass is 10.1. The van der Waals surface area contributed by atoms with E-state index in [1.165, 1.54) is 6.07 Å². The highest BCUT2D eigenvalue weighted by atomic mass is 79.9. The molecule has 0 saturated heterocycles. The molecule has 0 amide bonds. The largest absolute Gasteiger partial charge is 0.573 e. The average molecular weight is 332 g/mol. The van der Waals surface area contributed by atoms with Crippen molar-refractivity contribution in [1.82, 2.24) is 0 Å². The topological polar surface area (TPSA) is 9.23 Å². The van der Waals surface area contributed by atoms with Gasteiger partial charge in [-0.3, -0.25) is 0 Å². The van der Waals surface area contributed by atoms with Crippen LogP contribution in [0.3, 0.4) is 0 Å². The highest BCUT2D eigenvalue weighted by Gasteiger charge is 2.32. The minimum Gasteiger partial charge on any atom is -0.405 e. The highest BCUT2D eigenvalue weighted by molar-refractivity contribution is 9.09. The van der Waals surface area contributed by atoms with E-state index in [9.17, 15) is 13.2 Å². The van der Waals surface area contributed by atoms with Crippen LogP contribution < -0.4 is 4.74 Å². The van der Waals surface area contributed by atoms with Crippen LogP contribution in [0.4, 0.5) is 13.2 Å². The Labute approximate surface area is 111 Å². The van der Waals surface area contributed by atoms with E-state index in [4.69, 9.17) is 11.6 Å². The molecule has 0 heterocycles. The summed E-state index contributed by atoms with van der Waals surface area (Å²) in [4.78, 5) is 0. The van der Waals surface area contributed by atoms with Crippen molar-refractivity contribution in [2.24, 2.45) is 0 Å².